The summed E-state index contributed by atoms with van der Waals surface area (Å²) in [7, 11) is 3.97. The van der Waals surface area contributed by atoms with E-state index >= 15 is 0 Å². The number of amidine groups is 1. The predicted molar refractivity (Wildman–Crippen MR) is 122 cm³/mol. The zero-order valence-electron chi connectivity index (χ0n) is 17.6. The Morgan fingerprint density at radius 3 is 2.58 bits per heavy atom. The highest BCUT2D eigenvalue weighted by molar-refractivity contribution is 6.08. The molecule has 0 bridgehead atoms. The van der Waals surface area contributed by atoms with Crippen LogP contribution in [0.4, 0.5) is 11.4 Å². The van der Waals surface area contributed by atoms with Gasteiger partial charge in [-0.2, -0.15) is 5.26 Å². The topological polar surface area (TPSA) is 85.7 Å². The van der Waals surface area contributed by atoms with E-state index in [-0.39, 0.29) is 5.78 Å². The number of carbonyl (C=O) groups is 1. The number of nitrogens with zero attached hydrogens (tertiary/aromatic N) is 4. The zero-order valence-corrected chi connectivity index (χ0v) is 17.6. The van der Waals surface area contributed by atoms with Crippen molar-refractivity contribution in [3.05, 3.63) is 82.3 Å². The smallest absolute Gasteiger partial charge is 0.161 e. The molecule has 1 atom stereocenters. The molecule has 2 aromatic rings. The Kier molecular flexibility index (Phi) is 4.40. The molecular formula is C25H23N5O. The first kappa shape index (κ1) is 19.1. The molecule has 2 aliphatic heterocycles. The number of hydrogen-bond donors (Lipinski definition) is 1. The third-order valence-electron chi connectivity index (χ3n) is 6.24. The van der Waals surface area contributed by atoms with Gasteiger partial charge in [0.25, 0.3) is 0 Å². The van der Waals surface area contributed by atoms with Crippen molar-refractivity contribution in [1.82, 2.24) is 0 Å². The Morgan fingerprint density at radius 2 is 1.87 bits per heavy atom. The molecule has 3 aliphatic rings. The first-order valence-electron chi connectivity index (χ1n) is 10.4. The lowest BCUT2D eigenvalue weighted by Crippen LogP contribution is -2.39. The summed E-state index contributed by atoms with van der Waals surface area (Å²) in [4.78, 5) is 21.9. The average Bonchev–Trinajstić information content (AvgIpc) is 2.78. The van der Waals surface area contributed by atoms with E-state index in [0.717, 1.165) is 46.6 Å². The number of nitriles is 1. The standard InChI is InChI=1S/C25H23N5O/c1-29(2)16-12-10-15(11-13-16)22-18(14-26)25-28-24(27)17-6-3-4-7-19(17)30(25)20-8-5-9-21(31)23(20)22/h3-4,6-7,10-13,22H,5,8-9H2,1-2H3,(H2,27,28)/t22-/m1/s1. The van der Waals surface area contributed by atoms with Crippen molar-refractivity contribution in [3.63, 3.8) is 0 Å². The number of carbonyl (C=O) groups excluding carboxylic acids is 1. The number of para-hydroxylation sites is 1. The predicted octanol–water partition coefficient (Wildman–Crippen LogP) is 3.82. The fraction of sp³-hybridized carbons (Fsp3) is 0.240. The van der Waals surface area contributed by atoms with Crippen LogP contribution in [0.5, 0.6) is 0 Å². The second kappa shape index (κ2) is 7.13. The average molecular weight is 409 g/mol. The lowest BCUT2D eigenvalue weighted by molar-refractivity contribution is -0.116. The Hall–Kier alpha value is -3.85. The number of hydrogen-bond acceptors (Lipinski definition) is 6. The normalized spacial score (nSPS) is 19.9. The van der Waals surface area contributed by atoms with E-state index in [0.29, 0.717) is 23.7 Å². The van der Waals surface area contributed by atoms with Crippen LogP contribution in [-0.2, 0) is 4.79 Å². The summed E-state index contributed by atoms with van der Waals surface area (Å²) in [5.41, 5.74) is 12.1. The third-order valence-corrected chi connectivity index (χ3v) is 6.24. The zero-order chi connectivity index (χ0) is 21.7. The molecule has 0 fully saturated rings. The largest absolute Gasteiger partial charge is 0.383 e. The molecule has 2 heterocycles. The Balaban J connectivity index is 1.78. The highest BCUT2D eigenvalue weighted by Gasteiger charge is 2.42. The molecule has 0 unspecified atom stereocenters. The van der Waals surface area contributed by atoms with Gasteiger partial charge in [-0.1, -0.05) is 24.3 Å². The maximum Gasteiger partial charge on any atom is 0.161 e. The molecule has 6 heteroatoms. The summed E-state index contributed by atoms with van der Waals surface area (Å²) in [5.74, 6) is 0.600. The lowest BCUT2D eigenvalue weighted by atomic mass is 9.75. The summed E-state index contributed by atoms with van der Waals surface area (Å²) in [6, 6.07) is 18.2. The van der Waals surface area contributed by atoms with Gasteiger partial charge in [-0.05, 0) is 42.7 Å². The van der Waals surface area contributed by atoms with Gasteiger partial charge in [0.15, 0.2) is 11.6 Å². The van der Waals surface area contributed by atoms with Crippen molar-refractivity contribution in [2.45, 2.75) is 25.2 Å². The van der Waals surface area contributed by atoms with Crippen LogP contribution in [0.1, 0.15) is 36.3 Å². The number of rotatable bonds is 2. The molecule has 31 heavy (non-hydrogen) atoms. The van der Waals surface area contributed by atoms with E-state index < -0.39 is 5.92 Å². The summed E-state index contributed by atoms with van der Waals surface area (Å²) in [6.45, 7) is 0. The van der Waals surface area contributed by atoms with Crippen molar-refractivity contribution in [2.24, 2.45) is 10.7 Å². The molecule has 0 saturated carbocycles. The van der Waals surface area contributed by atoms with Crippen LogP contribution >= 0.6 is 0 Å². The molecule has 2 N–H and O–H groups in total. The molecular weight excluding hydrogens is 386 g/mol. The van der Waals surface area contributed by atoms with Crippen molar-refractivity contribution < 1.29 is 4.79 Å². The van der Waals surface area contributed by atoms with Crippen LogP contribution in [0.3, 0.4) is 0 Å². The number of fused-ring (bicyclic) bond motifs is 4. The fourth-order valence-corrected chi connectivity index (χ4v) is 4.77. The van der Waals surface area contributed by atoms with Gasteiger partial charge in [-0.25, -0.2) is 4.99 Å². The van der Waals surface area contributed by atoms with E-state index in [9.17, 15) is 10.1 Å². The second-order valence-corrected chi connectivity index (χ2v) is 8.25. The van der Waals surface area contributed by atoms with Gasteiger partial charge in [0.1, 0.15) is 5.84 Å². The van der Waals surface area contributed by atoms with Crippen LogP contribution in [0.25, 0.3) is 0 Å². The van der Waals surface area contributed by atoms with Crippen LogP contribution in [-0.4, -0.2) is 25.7 Å². The quantitative estimate of drug-likeness (QED) is 0.815. The minimum atomic E-state index is -0.433. The SMILES string of the molecule is CN(C)c1ccc([C@@H]2C(C#N)=C3N=C(N)c4ccccc4N3C3=C2C(=O)CCC3)cc1. The highest BCUT2D eigenvalue weighted by Crippen LogP contribution is 2.49. The van der Waals surface area contributed by atoms with Crippen molar-refractivity contribution in [2.75, 3.05) is 23.9 Å². The summed E-state index contributed by atoms with van der Waals surface area (Å²) in [5, 5.41) is 10.2. The van der Waals surface area contributed by atoms with E-state index in [4.69, 9.17) is 5.73 Å². The first-order valence-corrected chi connectivity index (χ1v) is 10.4. The Morgan fingerprint density at radius 1 is 1.13 bits per heavy atom. The number of nitrogens with two attached hydrogens (primary N) is 1. The van der Waals surface area contributed by atoms with Gasteiger partial charge in [0.2, 0.25) is 0 Å². The second-order valence-electron chi connectivity index (χ2n) is 8.25. The minimum Gasteiger partial charge on any atom is -0.383 e. The van der Waals surface area contributed by atoms with Gasteiger partial charge in [-0.15, -0.1) is 0 Å². The molecule has 0 amide bonds. The van der Waals surface area contributed by atoms with Gasteiger partial charge in [0.05, 0.1) is 23.2 Å². The molecule has 1 aliphatic carbocycles. The fourth-order valence-electron chi connectivity index (χ4n) is 4.77. The number of allylic oxidation sites excluding steroid dienone is 3. The summed E-state index contributed by atoms with van der Waals surface area (Å²) in [6.07, 6.45) is 2.05. The molecule has 0 radical (unpaired) electrons. The molecule has 0 aromatic heterocycles. The van der Waals surface area contributed by atoms with Crippen LogP contribution in [0, 0.1) is 11.3 Å². The number of anilines is 2. The van der Waals surface area contributed by atoms with Crippen molar-refractivity contribution in [3.8, 4) is 6.07 Å². The van der Waals surface area contributed by atoms with Crippen LogP contribution in [0.2, 0.25) is 0 Å². The number of ketones is 1. The number of aliphatic imine (C=N–C) groups is 1. The molecule has 2 aromatic carbocycles. The van der Waals surface area contributed by atoms with E-state index in [1.165, 1.54) is 0 Å². The molecule has 154 valence electrons. The van der Waals surface area contributed by atoms with Crippen molar-refractivity contribution in [1.29, 1.82) is 5.26 Å². The Labute approximate surface area is 181 Å². The van der Waals surface area contributed by atoms with E-state index in [1.54, 1.807) is 0 Å². The third kappa shape index (κ3) is 2.85. The molecule has 6 nitrogen and oxygen atoms in total. The van der Waals surface area contributed by atoms with E-state index in [1.807, 2.05) is 72.4 Å². The van der Waals surface area contributed by atoms with Crippen molar-refractivity contribution >= 4 is 23.0 Å². The maximum absolute atomic E-state index is 13.2. The van der Waals surface area contributed by atoms with Crippen LogP contribution < -0.4 is 15.5 Å². The summed E-state index contributed by atoms with van der Waals surface area (Å²) >= 11 is 0. The maximum atomic E-state index is 13.2. The molecule has 0 spiro atoms. The minimum absolute atomic E-state index is 0.106. The first-order chi connectivity index (χ1) is 15.0. The van der Waals surface area contributed by atoms with Gasteiger partial charge in [-0.3, -0.25) is 9.69 Å². The summed E-state index contributed by atoms with van der Waals surface area (Å²) < 4.78 is 0. The number of Topliss-reactive ketones (excluding diaryl/α,β-unsaturated/α-hetero) is 1. The highest BCUT2D eigenvalue weighted by atomic mass is 16.1. The van der Waals surface area contributed by atoms with Crippen LogP contribution in [0.15, 0.2) is 76.2 Å². The molecule has 0 saturated heterocycles. The van der Waals surface area contributed by atoms with Gasteiger partial charge >= 0.3 is 0 Å². The molecule has 5 rings (SSSR count). The monoisotopic (exact) mass is 409 g/mol. The van der Waals surface area contributed by atoms with Gasteiger partial charge < -0.3 is 10.6 Å². The number of benzene rings is 2. The van der Waals surface area contributed by atoms with Gasteiger partial charge in [0, 0.05) is 43.0 Å². The van der Waals surface area contributed by atoms with E-state index in [2.05, 4.69) is 11.1 Å². The Bertz CT molecular complexity index is 1230. The lowest BCUT2D eigenvalue weighted by Gasteiger charge is -2.41.